The maximum atomic E-state index is 11.1. The number of aromatic nitrogens is 1. The second-order valence-electron chi connectivity index (χ2n) is 4.89. The average molecular weight is 284 g/mol. The van der Waals surface area contributed by atoms with Crippen molar-refractivity contribution in [1.82, 2.24) is 4.98 Å². The number of hydrogen-bond acceptors (Lipinski definition) is 4. The highest BCUT2D eigenvalue weighted by molar-refractivity contribution is 5.92. The molecule has 0 bridgehead atoms. The molecule has 1 amide bonds. The monoisotopic (exact) mass is 284 g/mol. The van der Waals surface area contributed by atoms with Crippen LogP contribution in [-0.4, -0.2) is 17.4 Å². The second kappa shape index (κ2) is 6.74. The van der Waals surface area contributed by atoms with Crippen LogP contribution in [0.3, 0.4) is 0 Å². The highest BCUT2D eigenvalue weighted by atomic mass is 16.1. The van der Waals surface area contributed by atoms with Crippen LogP contribution in [0.15, 0.2) is 42.6 Å². The fourth-order valence-corrected chi connectivity index (χ4v) is 2.15. The van der Waals surface area contributed by atoms with Crippen LogP contribution in [-0.2, 0) is 6.54 Å². The summed E-state index contributed by atoms with van der Waals surface area (Å²) in [5, 5.41) is 0. The molecule has 4 N–H and O–H groups in total. The van der Waals surface area contributed by atoms with Crippen molar-refractivity contribution in [3.05, 3.63) is 53.7 Å². The highest BCUT2D eigenvalue weighted by Crippen LogP contribution is 2.19. The van der Waals surface area contributed by atoms with Gasteiger partial charge in [0.25, 0.3) is 0 Å². The van der Waals surface area contributed by atoms with E-state index in [4.69, 9.17) is 11.5 Å². The average Bonchev–Trinajstić information content (AvgIpc) is 2.49. The van der Waals surface area contributed by atoms with Gasteiger partial charge in [-0.1, -0.05) is 25.1 Å². The Hall–Kier alpha value is -2.56. The van der Waals surface area contributed by atoms with Gasteiger partial charge in [0.05, 0.1) is 5.56 Å². The minimum Gasteiger partial charge on any atom is -0.398 e. The van der Waals surface area contributed by atoms with E-state index in [1.54, 1.807) is 6.07 Å². The van der Waals surface area contributed by atoms with E-state index in [0.717, 1.165) is 30.0 Å². The van der Waals surface area contributed by atoms with Crippen LogP contribution < -0.4 is 16.4 Å². The van der Waals surface area contributed by atoms with Crippen molar-refractivity contribution in [2.24, 2.45) is 5.73 Å². The number of amides is 1. The maximum Gasteiger partial charge on any atom is 0.250 e. The fraction of sp³-hybridized carbons (Fsp3) is 0.250. The number of para-hydroxylation sites is 1. The van der Waals surface area contributed by atoms with E-state index >= 15 is 0 Å². The first-order valence-corrected chi connectivity index (χ1v) is 6.96. The number of primary amides is 1. The van der Waals surface area contributed by atoms with Gasteiger partial charge in [-0.2, -0.15) is 0 Å². The van der Waals surface area contributed by atoms with Gasteiger partial charge in [-0.15, -0.1) is 0 Å². The van der Waals surface area contributed by atoms with E-state index in [9.17, 15) is 4.79 Å². The van der Waals surface area contributed by atoms with Crippen molar-refractivity contribution in [2.45, 2.75) is 19.9 Å². The Bertz CT molecular complexity index is 610. The Labute approximate surface area is 124 Å². The standard InChI is InChI=1S/C16H20N4O/c1-2-9-20(11-13-5-3-4-6-14(13)17)15-8-7-12(10-19-15)16(18)21/h3-8,10H,2,9,11,17H2,1H3,(H2,18,21). The van der Waals surface area contributed by atoms with Crippen molar-refractivity contribution in [3.63, 3.8) is 0 Å². The zero-order valence-corrected chi connectivity index (χ0v) is 12.1. The molecule has 2 rings (SSSR count). The van der Waals surface area contributed by atoms with Crippen LogP contribution in [0.1, 0.15) is 29.3 Å². The lowest BCUT2D eigenvalue weighted by Crippen LogP contribution is -2.25. The molecule has 0 saturated heterocycles. The number of carbonyl (C=O) groups excluding carboxylic acids is 1. The number of carbonyl (C=O) groups is 1. The van der Waals surface area contributed by atoms with Crippen molar-refractivity contribution >= 4 is 17.4 Å². The predicted octanol–water partition coefficient (Wildman–Crippen LogP) is 2.18. The number of nitrogen functional groups attached to an aromatic ring is 1. The zero-order valence-electron chi connectivity index (χ0n) is 12.1. The molecule has 1 heterocycles. The van der Waals surface area contributed by atoms with Gasteiger partial charge in [0.15, 0.2) is 0 Å². The van der Waals surface area contributed by atoms with Gasteiger partial charge >= 0.3 is 0 Å². The van der Waals surface area contributed by atoms with Crippen molar-refractivity contribution < 1.29 is 4.79 Å². The van der Waals surface area contributed by atoms with Crippen LogP contribution in [0.4, 0.5) is 11.5 Å². The number of benzene rings is 1. The van der Waals surface area contributed by atoms with Gasteiger partial charge in [-0.05, 0) is 30.2 Å². The first-order chi connectivity index (χ1) is 10.1. The summed E-state index contributed by atoms with van der Waals surface area (Å²) in [6.45, 7) is 3.65. The lowest BCUT2D eigenvalue weighted by molar-refractivity contribution is 0.1000. The molecule has 0 aliphatic carbocycles. The van der Waals surface area contributed by atoms with Crippen molar-refractivity contribution in [3.8, 4) is 0 Å². The summed E-state index contributed by atoms with van der Waals surface area (Å²) in [5.74, 6) is 0.341. The molecule has 0 aliphatic rings. The smallest absolute Gasteiger partial charge is 0.250 e. The molecule has 2 aromatic rings. The molecule has 5 heteroatoms. The Morgan fingerprint density at radius 1 is 1.24 bits per heavy atom. The summed E-state index contributed by atoms with van der Waals surface area (Å²) in [4.78, 5) is 17.6. The Morgan fingerprint density at radius 2 is 2.00 bits per heavy atom. The second-order valence-corrected chi connectivity index (χ2v) is 4.89. The number of pyridine rings is 1. The van der Waals surface area contributed by atoms with Gasteiger partial charge < -0.3 is 16.4 Å². The summed E-state index contributed by atoms with van der Waals surface area (Å²) in [5.41, 5.74) is 13.5. The molecule has 0 fully saturated rings. The van der Waals surface area contributed by atoms with E-state index in [0.29, 0.717) is 12.1 Å². The van der Waals surface area contributed by atoms with Gasteiger partial charge in [-0.3, -0.25) is 4.79 Å². The number of rotatable bonds is 6. The Balaban J connectivity index is 2.22. The molecule has 1 aromatic heterocycles. The summed E-state index contributed by atoms with van der Waals surface area (Å²) in [6.07, 6.45) is 2.50. The fourth-order valence-electron chi connectivity index (χ4n) is 2.15. The first kappa shape index (κ1) is 14.8. The molecule has 0 saturated carbocycles. The highest BCUT2D eigenvalue weighted by Gasteiger charge is 2.10. The van der Waals surface area contributed by atoms with Crippen LogP contribution >= 0.6 is 0 Å². The third kappa shape index (κ3) is 3.72. The third-order valence-electron chi connectivity index (χ3n) is 3.27. The molecule has 21 heavy (non-hydrogen) atoms. The van der Waals surface area contributed by atoms with E-state index in [1.165, 1.54) is 6.20 Å². The lowest BCUT2D eigenvalue weighted by Gasteiger charge is -2.24. The molecule has 0 unspecified atom stereocenters. The minimum atomic E-state index is -0.469. The van der Waals surface area contributed by atoms with Gasteiger partial charge in [-0.25, -0.2) is 4.98 Å². The van der Waals surface area contributed by atoms with Gasteiger partial charge in [0.2, 0.25) is 5.91 Å². The summed E-state index contributed by atoms with van der Waals surface area (Å²) >= 11 is 0. The molecule has 0 aliphatic heterocycles. The topological polar surface area (TPSA) is 85.2 Å². The molecule has 110 valence electrons. The number of hydrogen-bond donors (Lipinski definition) is 2. The summed E-state index contributed by atoms with van der Waals surface area (Å²) in [6, 6.07) is 11.3. The summed E-state index contributed by atoms with van der Waals surface area (Å²) in [7, 11) is 0. The first-order valence-electron chi connectivity index (χ1n) is 6.96. The van der Waals surface area contributed by atoms with E-state index in [2.05, 4.69) is 16.8 Å². The van der Waals surface area contributed by atoms with Crippen LogP contribution in [0.25, 0.3) is 0 Å². The predicted molar refractivity (Wildman–Crippen MR) is 85.0 cm³/mol. The van der Waals surface area contributed by atoms with Crippen LogP contribution in [0.2, 0.25) is 0 Å². The SMILES string of the molecule is CCCN(Cc1ccccc1N)c1ccc(C(N)=O)cn1. The zero-order chi connectivity index (χ0) is 15.2. The van der Waals surface area contributed by atoms with Crippen LogP contribution in [0.5, 0.6) is 0 Å². The van der Waals surface area contributed by atoms with E-state index in [1.807, 2.05) is 30.3 Å². The molecule has 0 radical (unpaired) electrons. The number of nitrogens with zero attached hydrogens (tertiary/aromatic N) is 2. The Kier molecular flexibility index (Phi) is 4.77. The molecular weight excluding hydrogens is 264 g/mol. The van der Waals surface area contributed by atoms with Crippen LogP contribution in [0, 0.1) is 0 Å². The Morgan fingerprint density at radius 3 is 2.57 bits per heavy atom. The molecule has 5 nitrogen and oxygen atoms in total. The number of anilines is 2. The quantitative estimate of drug-likeness (QED) is 0.796. The van der Waals surface area contributed by atoms with Gasteiger partial charge in [0, 0.05) is 25.0 Å². The normalized spacial score (nSPS) is 10.3. The molecular formula is C16H20N4O. The molecule has 0 spiro atoms. The minimum absolute atomic E-state index is 0.412. The third-order valence-corrected chi connectivity index (χ3v) is 3.27. The summed E-state index contributed by atoms with van der Waals surface area (Å²) < 4.78 is 0. The number of nitrogens with two attached hydrogens (primary N) is 2. The molecule has 1 aromatic carbocycles. The van der Waals surface area contributed by atoms with Crippen molar-refractivity contribution in [1.29, 1.82) is 0 Å². The largest absolute Gasteiger partial charge is 0.398 e. The van der Waals surface area contributed by atoms with Gasteiger partial charge in [0.1, 0.15) is 5.82 Å². The lowest BCUT2D eigenvalue weighted by atomic mass is 10.1. The van der Waals surface area contributed by atoms with Crippen molar-refractivity contribution in [2.75, 3.05) is 17.2 Å². The molecule has 0 atom stereocenters. The maximum absolute atomic E-state index is 11.1. The van der Waals surface area contributed by atoms with E-state index < -0.39 is 5.91 Å². The van der Waals surface area contributed by atoms with E-state index in [-0.39, 0.29) is 0 Å².